The number of nitrogens with two attached hydrogens (primary N) is 1. The van der Waals surface area contributed by atoms with Gasteiger partial charge < -0.3 is 10.3 Å². The summed E-state index contributed by atoms with van der Waals surface area (Å²) in [6.07, 6.45) is 1.33. The number of benzene rings is 1. The summed E-state index contributed by atoms with van der Waals surface area (Å²) in [7, 11) is -1.98. The van der Waals surface area contributed by atoms with Crippen LogP contribution in [-0.2, 0) is 16.9 Å². The van der Waals surface area contributed by atoms with Crippen molar-refractivity contribution in [3.8, 4) is 0 Å². The highest BCUT2D eigenvalue weighted by molar-refractivity contribution is 7.91. The Morgan fingerprint density at radius 3 is 2.50 bits per heavy atom. The van der Waals surface area contributed by atoms with Crippen molar-refractivity contribution in [2.24, 2.45) is 12.8 Å². The molecule has 5 nitrogen and oxygen atoms in total. The highest BCUT2D eigenvalue weighted by atomic mass is 32.2. The Kier molecular flexibility index (Phi) is 3.23. The van der Waals surface area contributed by atoms with E-state index >= 15 is 0 Å². The lowest BCUT2D eigenvalue weighted by molar-refractivity contribution is 0.572. The average Bonchev–Trinajstić information content (AvgIpc) is 2.70. The minimum Gasteiger partial charge on any atom is -0.322 e. The van der Waals surface area contributed by atoms with Crippen molar-refractivity contribution in [1.29, 1.82) is 0 Å². The first-order valence-electron chi connectivity index (χ1n) is 5.38. The Balaban J connectivity index is 2.47. The van der Waals surface area contributed by atoms with E-state index in [9.17, 15) is 8.42 Å². The molecule has 1 unspecified atom stereocenters. The largest absolute Gasteiger partial charge is 0.322 e. The smallest absolute Gasteiger partial charge is 0.215 e. The lowest BCUT2D eigenvalue weighted by atomic mass is 10.2. The van der Waals surface area contributed by atoms with Crippen LogP contribution in [0.25, 0.3) is 0 Å². The number of imidazole rings is 1. The van der Waals surface area contributed by atoms with Crippen LogP contribution in [0.15, 0.2) is 35.5 Å². The maximum atomic E-state index is 12.4. The van der Waals surface area contributed by atoms with E-state index in [0.29, 0.717) is 11.4 Å². The SMILES string of the molecule is Cc1ncc(S(=O)(=O)C(N)c2cc[c]cc2)n1C. The van der Waals surface area contributed by atoms with Gasteiger partial charge in [-0.2, -0.15) is 0 Å². The minimum atomic E-state index is -3.64. The molecular formula is C12H14N3O2S. The number of hydrogen-bond donors (Lipinski definition) is 1. The lowest BCUT2D eigenvalue weighted by Crippen LogP contribution is -2.23. The zero-order valence-corrected chi connectivity index (χ0v) is 11.0. The van der Waals surface area contributed by atoms with Crippen molar-refractivity contribution in [3.63, 3.8) is 0 Å². The summed E-state index contributed by atoms with van der Waals surface area (Å²) in [5, 5.41) is -0.970. The van der Waals surface area contributed by atoms with E-state index in [0.717, 1.165) is 0 Å². The molecule has 0 fully saturated rings. The molecule has 0 saturated carbocycles. The molecule has 2 N–H and O–H groups in total. The molecule has 0 aliphatic carbocycles. The second-order valence-corrected chi connectivity index (χ2v) is 6.02. The molecule has 18 heavy (non-hydrogen) atoms. The molecule has 0 spiro atoms. The average molecular weight is 264 g/mol. The van der Waals surface area contributed by atoms with Crippen LogP contribution in [0.1, 0.15) is 16.8 Å². The van der Waals surface area contributed by atoms with Crippen LogP contribution in [0.4, 0.5) is 0 Å². The first-order valence-corrected chi connectivity index (χ1v) is 6.93. The summed E-state index contributed by atoms with van der Waals surface area (Å²) in [5.41, 5.74) is 6.37. The normalized spacial score (nSPS) is 13.5. The third-order valence-electron chi connectivity index (χ3n) is 2.88. The van der Waals surface area contributed by atoms with E-state index in [1.54, 1.807) is 38.2 Å². The van der Waals surface area contributed by atoms with Crippen LogP contribution >= 0.6 is 0 Å². The maximum Gasteiger partial charge on any atom is 0.215 e. The first kappa shape index (κ1) is 12.8. The number of aryl methyl sites for hydroxylation is 1. The Hall–Kier alpha value is -1.66. The molecule has 1 atom stereocenters. The molecule has 1 aromatic heterocycles. The van der Waals surface area contributed by atoms with Gasteiger partial charge in [-0.25, -0.2) is 13.4 Å². The standard InChI is InChI=1S/C12H14N3O2S/c1-9-14-8-11(15(9)2)18(16,17)12(13)10-6-4-3-5-7-10/h4-8,12H,13H2,1-2H3. The molecule has 0 bridgehead atoms. The van der Waals surface area contributed by atoms with Crippen LogP contribution < -0.4 is 5.73 Å². The molecule has 0 aliphatic rings. The van der Waals surface area contributed by atoms with Crippen LogP contribution in [-0.4, -0.2) is 18.0 Å². The monoisotopic (exact) mass is 264 g/mol. The molecule has 0 saturated heterocycles. The molecule has 2 rings (SSSR count). The zero-order chi connectivity index (χ0) is 13.3. The van der Waals surface area contributed by atoms with Crippen LogP contribution in [0.5, 0.6) is 0 Å². The van der Waals surface area contributed by atoms with Gasteiger partial charge in [-0.1, -0.05) is 24.3 Å². The molecule has 1 aromatic carbocycles. The van der Waals surface area contributed by atoms with Gasteiger partial charge in [0.15, 0.2) is 5.03 Å². The molecular weight excluding hydrogens is 250 g/mol. The fourth-order valence-corrected chi connectivity index (χ4v) is 3.13. The minimum absolute atomic E-state index is 0.125. The van der Waals surface area contributed by atoms with Crippen molar-refractivity contribution in [3.05, 3.63) is 47.9 Å². The lowest BCUT2D eigenvalue weighted by Gasteiger charge is -2.13. The summed E-state index contributed by atoms with van der Waals surface area (Å²) in [5.74, 6) is 0.627. The Morgan fingerprint density at radius 2 is 2.00 bits per heavy atom. The van der Waals surface area contributed by atoms with E-state index in [2.05, 4.69) is 11.1 Å². The first-order chi connectivity index (χ1) is 8.44. The number of rotatable bonds is 3. The number of aromatic nitrogens is 2. The van der Waals surface area contributed by atoms with Gasteiger partial charge >= 0.3 is 0 Å². The molecule has 0 aliphatic heterocycles. The number of nitrogens with zero attached hydrogens (tertiary/aromatic N) is 2. The van der Waals surface area contributed by atoms with Gasteiger partial charge in [0.1, 0.15) is 11.2 Å². The highest BCUT2D eigenvalue weighted by Crippen LogP contribution is 2.24. The molecule has 1 heterocycles. The van der Waals surface area contributed by atoms with E-state index in [-0.39, 0.29) is 5.03 Å². The fourth-order valence-electron chi connectivity index (χ4n) is 1.64. The van der Waals surface area contributed by atoms with E-state index in [1.165, 1.54) is 10.8 Å². The van der Waals surface area contributed by atoms with Crippen molar-refractivity contribution in [2.45, 2.75) is 17.3 Å². The quantitative estimate of drug-likeness (QED) is 0.895. The Labute approximate surface area is 106 Å². The third kappa shape index (κ3) is 2.04. The Bertz CT molecular complexity index is 647. The molecule has 1 radical (unpaired) electrons. The summed E-state index contributed by atoms with van der Waals surface area (Å²) in [4.78, 5) is 3.98. The third-order valence-corrected chi connectivity index (χ3v) is 4.78. The van der Waals surface area contributed by atoms with E-state index in [1.807, 2.05) is 0 Å². The van der Waals surface area contributed by atoms with Crippen molar-refractivity contribution >= 4 is 9.84 Å². The topological polar surface area (TPSA) is 78.0 Å². The van der Waals surface area contributed by atoms with Gasteiger partial charge in [-0.3, -0.25) is 0 Å². The number of sulfone groups is 1. The van der Waals surface area contributed by atoms with Gasteiger partial charge in [0.2, 0.25) is 9.84 Å². The summed E-state index contributed by atoms with van der Waals surface area (Å²) < 4.78 is 26.3. The van der Waals surface area contributed by atoms with Gasteiger partial charge in [-0.15, -0.1) is 0 Å². The predicted octanol–water partition coefficient (Wildman–Crippen LogP) is 0.960. The van der Waals surface area contributed by atoms with Crippen LogP contribution in [0.2, 0.25) is 0 Å². The van der Waals surface area contributed by atoms with Crippen molar-refractivity contribution < 1.29 is 8.42 Å². The van der Waals surface area contributed by atoms with Gasteiger partial charge in [0.25, 0.3) is 0 Å². The molecule has 2 aromatic rings. The van der Waals surface area contributed by atoms with Crippen molar-refractivity contribution in [1.82, 2.24) is 9.55 Å². The van der Waals surface area contributed by atoms with E-state index in [4.69, 9.17) is 5.73 Å². The van der Waals surface area contributed by atoms with E-state index < -0.39 is 15.2 Å². The summed E-state index contributed by atoms with van der Waals surface area (Å²) in [6.45, 7) is 1.74. The predicted molar refractivity (Wildman–Crippen MR) is 67.3 cm³/mol. The summed E-state index contributed by atoms with van der Waals surface area (Å²) >= 11 is 0. The summed E-state index contributed by atoms with van der Waals surface area (Å²) in [6, 6.07) is 9.39. The molecule has 0 amide bonds. The zero-order valence-electron chi connectivity index (χ0n) is 10.2. The van der Waals surface area contributed by atoms with Crippen LogP contribution in [0.3, 0.4) is 0 Å². The molecule has 95 valence electrons. The van der Waals surface area contributed by atoms with Crippen LogP contribution in [0, 0.1) is 13.0 Å². The van der Waals surface area contributed by atoms with Gasteiger partial charge in [-0.05, 0) is 18.6 Å². The second-order valence-electron chi connectivity index (χ2n) is 4.00. The highest BCUT2D eigenvalue weighted by Gasteiger charge is 2.28. The second kappa shape index (κ2) is 4.55. The number of hydrogen-bond acceptors (Lipinski definition) is 4. The van der Waals surface area contributed by atoms with Gasteiger partial charge in [0.05, 0.1) is 6.20 Å². The van der Waals surface area contributed by atoms with Crippen molar-refractivity contribution in [2.75, 3.05) is 0 Å². The fraction of sp³-hybridized carbons (Fsp3) is 0.250. The Morgan fingerprint density at radius 1 is 1.39 bits per heavy atom. The van der Waals surface area contributed by atoms with Gasteiger partial charge in [0, 0.05) is 7.05 Å². The maximum absolute atomic E-state index is 12.4. The molecule has 6 heteroatoms.